The van der Waals surface area contributed by atoms with Crippen molar-refractivity contribution in [1.29, 1.82) is 0 Å². The van der Waals surface area contributed by atoms with E-state index < -0.39 is 12.1 Å². The molecular formula is C9H12N2O3. The third kappa shape index (κ3) is 2.63. The number of nitrogens with zero attached hydrogens (tertiary/aromatic N) is 1. The third-order valence-electron chi connectivity index (χ3n) is 1.72. The Morgan fingerprint density at radius 1 is 1.79 bits per heavy atom. The summed E-state index contributed by atoms with van der Waals surface area (Å²) >= 11 is 0. The Labute approximate surface area is 81.4 Å². The van der Waals surface area contributed by atoms with Gasteiger partial charge in [-0.1, -0.05) is 12.2 Å². The maximum absolute atomic E-state index is 10.5. The number of hydroxylamine groups is 2. The number of amides is 2. The van der Waals surface area contributed by atoms with Crippen LogP contribution in [0, 0.1) is 0 Å². The summed E-state index contributed by atoms with van der Waals surface area (Å²) in [5.74, 6) is 0. The van der Waals surface area contributed by atoms with Crippen LogP contribution in [-0.2, 0) is 0 Å². The second-order valence-corrected chi connectivity index (χ2v) is 2.84. The zero-order chi connectivity index (χ0) is 10.6. The molecule has 0 saturated carbocycles. The zero-order valence-electron chi connectivity index (χ0n) is 7.75. The first-order chi connectivity index (χ1) is 6.61. The first kappa shape index (κ1) is 10.3. The molecule has 1 aromatic rings. The number of nitrogens with two attached hydrogens (primary N) is 1. The zero-order valence-corrected chi connectivity index (χ0v) is 7.75. The minimum atomic E-state index is -0.880. The van der Waals surface area contributed by atoms with E-state index in [4.69, 9.17) is 15.4 Å². The van der Waals surface area contributed by atoms with Gasteiger partial charge in [-0.25, -0.2) is 4.79 Å². The van der Waals surface area contributed by atoms with E-state index in [-0.39, 0.29) is 0 Å². The van der Waals surface area contributed by atoms with Gasteiger partial charge in [-0.05, 0) is 13.0 Å². The molecule has 5 nitrogen and oxygen atoms in total. The molecule has 1 unspecified atom stereocenters. The standard InChI is InChI=1S/C9H12N2O3/c1-7(11(13)9(10)12)2-3-8-4-5-14-6-8/h2-7,13H,1H3,(H2,10,12)/b3-2+. The SMILES string of the molecule is CC(/C=C/c1ccoc1)N(O)C(N)=O. The van der Waals surface area contributed by atoms with Gasteiger partial charge >= 0.3 is 6.03 Å². The number of carbonyl (C=O) groups excluding carboxylic acids is 1. The summed E-state index contributed by atoms with van der Waals surface area (Å²) < 4.78 is 4.84. The Morgan fingerprint density at radius 3 is 3.00 bits per heavy atom. The number of hydrogen-bond donors (Lipinski definition) is 2. The van der Waals surface area contributed by atoms with Crippen molar-refractivity contribution in [1.82, 2.24) is 5.06 Å². The van der Waals surface area contributed by atoms with E-state index >= 15 is 0 Å². The lowest BCUT2D eigenvalue weighted by molar-refractivity contribution is -0.0560. The van der Waals surface area contributed by atoms with Crippen LogP contribution in [-0.4, -0.2) is 22.3 Å². The Kier molecular flexibility index (Phi) is 3.30. The van der Waals surface area contributed by atoms with E-state index in [1.54, 1.807) is 31.4 Å². The van der Waals surface area contributed by atoms with Crippen LogP contribution in [0.15, 0.2) is 29.1 Å². The van der Waals surface area contributed by atoms with Crippen LogP contribution in [0.5, 0.6) is 0 Å². The third-order valence-corrected chi connectivity index (χ3v) is 1.72. The van der Waals surface area contributed by atoms with Gasteiger partial charge in [0, 0.05) is 5.56 Å². The molecule has 0 saturated heterocycles. The number of rotatable bonds is 3. The highest BCUT2D eigenvalue weighted by Gasteiger charge is 2.11. The number of carbonyl (C=O) groups is 1. The molecule has 14 heavy (non-hydrogen) atoms. The minimum absolute atomic E-state index is 0.455. The molecule has 1 atom stereocenters. The summed E-state index contributed by atoms with van der Waals surface area (Å²) in [4.78, 5) is 10.5. The van der Waals surface area contributed by atoms with Crippen LogP contribution in [0.3, 0.4) is 0 Å². The smallest absolute Gasteiger partial charge is 0.339 e. The van der Waals surface area contributed by atoms with E-state index in [1.807, 2.05) is 0 Å². The molecule has 1 aromatic heterocycles. The first-order valence-electron chi connectivity index (χ1n) is 4.09. The minimum Gasteiger partial charge on any atom is -0.472 e. The van der Waals surface area contributed by atoms with Gasteiger partial charge in [0.2, 0.25) is 0 Å². The Balaban J connectivity index is 2.56. The molecule has 0 bridgehead atoms. The lowest BCUT2D eigenvalue weighted by atomic mass is 10.2. The van der Waals surface area contributed by atoms with Crippen molar-refractivity contribution in [3.05, 3.63) is 30.2 Å². The van der Waals surface area contributed by atoms with Crippen LogP contribution in [0.4, 0.5) is 4.79 Å². The maximum atomic E-state index is 10.5. The van der Waals surface area contributed by atoms with Crippen LogP contribution in [0.2, 0.25) is 0 Å². The quantitative estimate of drug-likeness (QED) is 0.567. The molecule has 76 valence electrons. The fourth-order valence-electron chi connectivity index (χ4n) is 0.902. The number of furan rings is 1. The normalized spacial score (nSPS) is 13.0. The predicted molar refractivity (Wildman–Crippen MR) is 50.4 cm³/mol. The molecule has 2 amide bonds. The highest BCUT2D eigenvalue weighted by Crippen LogP contribution is 2.05. The average molecular weight is 196 g/mol. The van der Waals surface area contributed by atoms with E-state index in [1.165, 1.54) is 6.26 Å². The van der Waals surface area contributed by atoms with Gasteiger partial charge < -0.3 is 10.2 Å². The highest BCUT2D eigenvalue weighted by molar-refractivity contribution is 5.71. The molecule has 0 spiro atoms. The van der Waals surface area contributed by atoms with Crippen LogP contribution in [0.1, 0.15) is 12.5 Å². The second-order valence-electron chi connectivity index (χ2n) is 2.84. The van der Waals surface area contributed by atoms with Gasteiger partial charge in [-0.15, -0.1) is 0 Å². The van der Waals surface area contributed by atoms with E-state index in [0.29, 0.717) is 5.06 Å². The number of urea groups is 1. The van der Waals surface area contributed by atoms with Gasteiger partial charge in [-0.3, -0.25) is 5.21 Å². The second kappa shape index (κ2) is 4.48. The molecule has 0 aliphatic heterocycles. The Hall–Kier alpha value is -1.75. The summed E-state index contributed by atoms with van der Waals surface area (Å²) in [5.41, 5.74) is 5.73. The van der Waals surface area contributed by atoms with Crippen molar-refractivity contribution in [2.45, 2.75) is 13.0 Å². The highest BCUT2D eigenvalue weighted by atomic mass is 16.5. The largest absolute Gasteiger partial charge is 0.472 e. The molecule has 3 N–H and O–H groups in total. The van der Waals surface area contributed by atoms with E-state index in [0.717, 1.165) is 5.56 Å². The van der Waals surface area contributed by atoms with E-state index in [9.17, 15) is 4.79 Å². The topological polar surface area (TPSA) is 79.7 Å². The van der Waals surface area contributed by atoms with Gasteiger partial charge in [0.25, 0.3) is 0 Å². The Bertz CT molecular complexity index is 319. The van der Waals surface area contributed by atoms with Crippen LogP contribution in [0.25, 0.3) is 6.08 Å². The van der Waals surface area contributed by atoms with Gasteiger partial charge in [0.1, 0.15) is 0 Å². The van der Waals surface area contributed by atoms with E-state index in [2.05, 4.69) is 0 Å². The summed E-state index contributed by atoms with van der Waals surface area (Å²) in [6.45, 7) is 1.64. The maximum Gasteiger partial charge on any atom is 0.339 e. The van der Waals surface area contributed by atoms with Crippen molar-refractivity contribution in [2.75, 3.05) is 0 Å². The fraction of sp³-hybridized carbons (Fsp3) is 0.222. The summed E-state index contributed by atoms with van der Waals surface area (Å²) in [6.07, 6.45) is 6.44. The number of hydrogen-bond acceptors (Lipinski definition) is 3. The van der Waals surface area contributed by atoms with Crippen LogP contribution < -0.4 is 5.73 Å². The predicted octanol–water partition coefficient (Wildman–Crippen LogP) is 1.45. The Morgan fingerprint density at radius 2 is 2.50 bits per heavy atom. The molecule has 1 rings (SSSR count). The average Bonchev–Trinajstić information content (AvgIpc) is 2.65. The van der Waals surface area contributed by atoms with Crippen molar-refractivity contribution in [3.63, 3.8) is 0 Å². The van der Waals surface area contributed by atoms with Gasteiger partial charge in [-0.2, -0.15) is 5.06 Å². The van der Waals surface area contributed by atoms with Crippen molar-refractivity contribution < 1.29 is 14.4 Å². The lowest BCUT2D eigenvalue weighted by Gasteiger charge is -2.16. The molecule has 0 aliphatic carbocycles. The molecular weight excluding hydrogens is 184 g/mol. The monoisotopic (exact) mass is 196 g/mol. The first-order valence-corrected chi connectivity index (χ1v) is 4.09. The van der Waals surface area contributed by atoms with Crippen LogP contribution >= 0.6 is 0 Å². The van der Waals surface area contributed by atoms with Crippen molar-refractivity contribution in [3.8, 4) is 0 Å². The molecule has 0 radical (unpaired) electrons. The summed E-state index contributed by atoms with van der Waals surface area (Å²) in [6, 6.07) is 0.409. The lowest BCUT2D eigenvalue weighted by Crippen LogP contribution is -2.38. The van der Waals surface area contributed by atoms with Gasteiger partial charge in [0.15, 0.2) is 0 Å². The molecule has 1 heterocycles. The van der Waals surface area contributed by atoms with Crippen molar-refractivity contribution >= 4 is 12.1 Å². The fourth-order valence-corrected chi connectivity index (χ4v) is 0.902. The summed E-state index contributed by atoms with van der Waals surface area (Å²) in [7, 11) is 0. The molecule has 0 aliphatic rings. The van der Waals surface area contributed by atoms with Gasteiger partial charge in [0.05, 0.1) is 18.6 Å². The van der Waals surface area contributed by atoms with Crippen molar-refractivity contribution in [2.24, 2.45) is 5.73 Å². The molecule has 0 fully saturated rings. The summed E-state index contributed by atoms with van der Waals surface area (Å²) in [5, 5.41) is 9.56. The molecule has 0 aromatic carbocycles. The molecule has 5 heteroatoms. The number of primary amides is 1.